The number of benzene rings is 2. The average molecular weight is 311 g/mol. The highest BCUT2D eigenvalue weighted by Crippen LogP contribution is 2.14. The second kappa shape index (κ2) is 6.32. The van der Waals surface area contributed by atoms with Crippen molar-refractivity contribution >= 4 is 23.4 Å². The van der Waals surface area contributed by atoms with Gasteiger partial charge in [0, 0.05) is 11.6 Å². The first-order valence-corrected chi connectivity index (χ1v) is 6.16. The minimum Gasteiger partial charge on any atom is -0.267 e. The van der Waals surface area contributed by atoms with Crippen LogP contribution in [0.2, 0.25) is 5.02 Å². The number of rotatable bonds is 2. The van der Waals surface area contributed by atoms with Crippen LogP contribution in [0.1, 0.15) is 20.7 Å². The molecule has 2 rings (SSSR count). The van der Waals surface area contributed by atoms with Gasteiger partial charge >= 0.3 is 0 Å². The zero-order valence-corrected chi connectivity index (χ0v) is 11.2. The van der Waals surface area contributed by atoms with E-state index < -0.39 is 23.4 Å². The average Bonchev–Trinajstić information content (AvgIpc) is 2.43. The topological polar surface area (TPSA) is 58.2 Å². The Morgan fingerprint density at radius 1 is 0.905 bits per heavy atom. The summed E-state index contributed by atoms with van der Waals surface area (Å²) in [6, 6.07) is 8.56. The van der Waals surface area contributed by atoms with Crippen molar-refractivity contribution in [3.63, 3.8) is 0 Å². The molecule has 2 N–H and O–H groups in total. The number of amides is 2. The van der Waals surface area contributed by atoms with E-state index in [-0.39, 0.29) is 16.1 Å². The monoisotopic (exact) mass is 310 g/mol. The molecule has 0 aliphatic heterocycles. The van der Waals surface area contributed by atoms with Crippen LogP contribution < -0.4 is 10.9 Å². The Balaban J connectivity index is 2.04. The van der Waals surface area contributed by atoms with Gasteiger partial charge in [0.05, 0.1) is 10.6 Å². The van der Waals surface area contributed by atoms with Gasteiger partial charge in [-0.3, -0.25) is 20.4 Å². The molecule has 0 saturated heterocycles. The lowest BCUT2D eigenvalue weighted by atomic mass is 10.2. The van der Waals surface area contributed by atoms with Crippen molar-refractivity contribution in [2.75, 3.05) is 0 Å². The zero-order valence-electron chi connectivity index (χ0n) is 10.5. The molecule has 0 aliphatic rings. The van der Waals surface area contributed by atoms with Crippen LogP contribution in [0.15, 0.2) is 42.5 Å². The highest BCUT2D eigenvalue weighted by molar-refractivity contribution is 6.33. The normalized spacial score (nSPS) is 10.0. The molecule has 108 valence electrons. The van der Waals surface area contributed by atoms with E-state index in [0.29, 0.717) is 6.07 Å². The number of carbonyl (C=O) groups excluding carboxylic acids is 2. The molecule has 7 heteroatoms. The van der Waals surface area contributed by atoms with Crippen molar-refractivity contribution in [3.05, 3.63) is 70.2 Å². The zero-order chi connectivity index (χ0) is 15.4. The third-order valence-corrected chi connectivity index (χ3v) is 2.86. The SMILES string of the molecule is O=C(NNC(=O)c1ccccc1Cl)c1cc(F)cc(F)c1. The molecule has 0 atom stereocenters. The highest BCUT2D eigenvalue weighted by Gasteiger charge is 2.12. The van der Waals surface area contributed by atoms with Crippen LogP contribution in [-0.2, 0) is 0 Å². The number of hydrogen-bond donors (Lipinski definition) is 2. The Hall–Kier alpha value is -2.47. The molecule has 4 nitrogen and oxygen atoms in total. The summed E-state index contributed by atoms with van der Waals surface area (Å²) in [6.45, 7) is 0. The van der Waals surface area contributed by atoms with Gasteiger partial charge in [-0.25, -0.2) is 8.78 Å². The molecule has 0 unspecified atom stereocenters. The smallest absolute Gasteiger partial charge is 0.267 e. The lowest BCUT2D eigenvalue weighted by Crippen LogP contribution is -2.41. The molecular formula is C14H9ClF2N2O2. The Kier molecular flexibility index (Phi) is 4.49. The maximum absolute atomic E-state index is 13.0. The first-order chi connectivity index (χ1) is 9.97. The third kappa shape index (κ3) is 3.76. The van der Waals surface area contributed by atoms with E-state index in [4.69, 9.17) is 11.6 Å². The van der Waals surface area contributed by atoms with Crippen LogP contribution in [0.3, 0.4) is 0 Å². The van der Waals surface area contributed by atoms with Gasteiger partial charge in [0.25, 0.3) is 11.8 Å². The Morgan fingerprint density at radius 2 is 1.48 bits per heavy atom. The molecule has 0 fully saturated rings. The minimum atomic E-state index is -0.891. The van der Waals surface area contributed by atoms with Gasteiger partial charge in [-0.05, 0) is 24.3 Å². The molecule has 2 aromatic rings. The van der Waals surface area contributed by atoms with Gasteiger partial charge in [0.2, 0.25) is 0 Å². The van der Waals surface area contributed by atoms with E-state index in [1.165, 1.54) is 12.1 Å². The predicted molar refractivity (Wildman–Crippen MR) is 72.7 cm³/mol. The van der Waals surface area contributed by atoms with Gasteiger partial charge in [-0.1, -0.05) is 23.7 Å². The van der Waals surface area contributed by atoms with E-state index in [0.717, 1.165) is 12.1 Å². The number of hydrogen-bond acceptors (Lipinski definition) is 2. The first-order valence-electron chi connectivity index (χ1n) is 5.78. The molecule has 21 heavy (non-hydrogen) atoms. The maximum atomic E-state index is 13.0. The van der Waals surface area contributed by atoms with Crippen molar-refractivity contribution in [1.29, 1.82) is 0 Å². The van der Waals surface area contributed by atoms with Crippen molar-refractivity contribution in [3.8, 4) is 0 Å². The second-order valence-corrected chi connectivity index (χ2v) is 4.45. The molecule has 0 aromatic heterocycles. The van der Waals surface area contributed by atoms with Crippen molar-refractivity contribution in [2.24, 2.45) is 0 Å². The summed E-state index contributed by atoms with van der Waals surface area (Å²) in [5.41, 5.74) is 4.06. The Morgan fingerprint density at radius 3 is 2.10 bits per heavy atom. The molecule has 0 saturated carbocycles. The number of halogens is 3. The van der Waals surface area contributed by atoms with Gasteiger partial charge in [0.15, 0.2) is 0 Å². The highest BCUT2D eigenvalue weighted by atomic mass is 35.5. The summed E-state index contributed by atoms with van der Waals surface area (Å²) in [5, 5.41) is 0.209. The summed E-state index contributed by atoms with van der Waals surface area (Å²) in [6.07, 6.45) is 0. The van der Waals surface area contributed by atoms with E-state index in [1.807, 2.05) is 5.43 Å². The molecule has 0 radical (unpaired) electrons. The van der Waals surface area contributed by atoms with Crippen LogP contribution in [0.4, 0.5) is 8.78 Å². The Labute approximate surface area is 123 Å². The standard InChI is InChI=1S/C14H9ClF2N2O2/c15-12-4-2-1-3-11(12)14(21)19-18-13(20)8-5-9(16)7-10(17)6-8/h1-7H,(H,18,20)(H,19,21). The summed E-state index contributed by atoms with van der Waals surface area (Å²) in [7, 11) is 0. The van der Waals surface area contributed by atoms with Gasteiger partial charge in [-0.2, -0.15) is 0 Å². The van der Waals surface area contributed by atoms with E-state index in [2.05, 4.69) is 5.43 Å². The third-order valence-electron chi connectivity index (χ3n) is 2.53. The van der Waals surface area contributed by atoms with Crippen LogP contribution in [-0.4, -0.2) is 11.8 Å². The maximum Gasteiger partial charge on any atom is 0.271 e. The van der Waals surface area contributed by atoms with Crippen molar-refractivity contribution in [1.82, 2.24) is 10.9 Å². The molecule has 0 spiro atoms. The quantitative estimate of drug-likeness (QED) is 0.838. The molecule has 0 heterocycles. The largest absolute Gasteiger partial charge is 0.271 e. The number of hydrazine groups is 1. The molecule has 0 bridgehead atoms. The van der Waals surface area contributed by atoms with E-state index >= 15 is 0 Å². The molecular weight excluding hydrogens is 302 g/mol. The second-order valence-electron chi connectivity index (χ2n) is 4.05. The van der Waals surface area contributed by atoms with Gasteiger partial charge in [-0.15, -0.1) is 0 Å². The molecule has 2 aromatic carbocycles. The summed E-state index contributed by atoms with van der Waals surface area (Å²) < 4.78 is 26.0. The fourth-order valence-corrected chi connectivity index (χ4v) is 1.80. The first kappa shape index (κ1) is 14.9. The predicted octanol–water partition coefficient (Wildman–Crippen LogP) is 2.69. The van der Waals surface area contributed by atoms with Crippen molar-refractivity contribution < 1.29 is 18.4 Å². The minimum absolute atomic E-state index is 0.157. The molecule has 2 amide bonds. The fraction of sp³-hybridized carbons (Fsp3) is 0. The van der Waals surface area contributed by atoms with Crippen LogP contribution in [0.25, 0.3) is 0 Å². The van der Waals surface area contributed by atoms with Gasteiger partial charge in [0.1, 0.15) is 11.6 Å². The van der Waals surface area contributed by atoms with Crippen LogP contribution >= 0.6 is 11.6 Å². The van der Waals surface area contributed by atoms with Gasteiger partial charge < -0.3 is 0 Å². The van der Waals surface area contributed by atoms with Crippen molar-refractivity contribution in [2.45, 2.75) is 0 Å². The number of carbonyl (C=O) groups is 2. The van der Waals surface area contributed by atoms with E-state index in [9.17, 15) is 18.4 Å². The molecule has 0 aliphatic carbocycles. The summed E-state index contributed by atoms with van der Waals surface area (Å²) >= 11 is 5.82. The van der Waals surface area contributed by atoms with Crippen LogP contribution in [0, 0.1) is 11.6 Å². The fourth-order valence-electron chi connectivity index (χ4n) is 1.58. The van der Waals surface area contributed by atoms with E-state index in [1.54, 1.807) is 12.1 Å². The lowest BCUT2D eigenvalue weighted by Gasteiger charge is -2.08. The lowest BCUT2D eigenvalue weighted by molar-refractivity contribution is 0.0846. The summed E-state index contributed by atoms with van der Waals surface area (Å²) in [5.74, 6) is -3.28. The Bertz CT molecular complexity index is 687. The summed E-state index contributed by atoms with van der Waals surface area (Å²) in [4.78, 5) is 23.5. The van der Waals surface area contributed by atoms with Crippen LogP contribution in [0.5, 0.6) is 0 Å². The number of nitrogens with one attached hydrogen (secondary N) is 2.